The standard InChI is InChI=1S/C7H12F3N3/c1-12(2)6-4-5(7(8,9)10)13(3)11-6/h5H,4H2,1-3H3. The molecule has 0 saturated carbocycles. The molecule has 3 nitrogen and oxygen atoms in total. The van der Waals surface area contributed by atoms with E-state index in [0.29, 0.717) is 5.84 Å². The predicted octanol–water partition coefficient (Wildman–Crippen LogP) is 1.13. The summed E-state index contributed by atoms with van der Waals surface area (Å²) >= 11 is 0. The maximum atomic E-state index is 12.3. The Bertz CT molecular complexity index is 222. The molecule has 1 aliphatic rings. The molecule has 6 heteroatoms. The normalized spacial score (nSPS) is 23.4. The molecule has 1 atom stereocenters. The van der Waals surface area contributed by atoms with E-state index in [1.54, 1.807) is 19.0 Å². The quantitative estimate of drug-likeness (QED) is 0.577. The average molecular weight is 195 g/mol. The molecule has 0 aromatic heterocycles. The number of alkyl halides is 3. The molecule has 0 N–H and O–H groups in total. The molecule has 13 heavy (non-hydrogen) atoms. The molecule has 0 saturated heterocycles. The highest BCUT2D eigenvalue weighted by atomic mass is 19.4. The van der Waals surface area contributed by atoms with Crippen molar-refractivity contribution in [2.24, 2.45) is 5.10 Å². The average Bonchev–Trinajstić information content (AvgIpc) is 2.29. The van der Waals surface area contributed by atoms with E-state index in [-0.39, 0.29) is 6.42 Å². The van der Waals surface area contributed by atoms with E-state index in [9.17, 15) is 13.2 Å². The summed E-state index contributed by atoms with van der Waals surface area (Å²) in [6, 6.07) is -1.47. The molecule has 1 aliphatic heterocycles. The maximum Gasteiger partial charge on any atom is 0.410 e. The van der Waals surface area contributed by atoms with Crippen molar-refractivity contribution < 1.29 is 13.2 Å². The minimum absolute atomic E-state index is 0.0625. The van der Waals surface area contributed by atoms with Crippen LogP contribution < -0.4 is 0 Å². The van der Waals surface area contributed by atoms with E-state index in [4.69, 9.17) is 0 Å². The van der Waals surface area contributed by atoms with Crippen LogP contribution in [0.2, 0.25) is 0 Å². The number of rotatable bonds is 0. The Morgan fingerprint density at radius 1 is 1.46 bits per heavy atom. The highest BCUT2D eigenvalue weighted by Gasteiger charge is 2.46. The minimum atomic E-state index is -4.20. The fraction of sp³-hybridized carbons (Fsp3) is 0.857. The van der Waals surface area contributed by atoms with Gasteiger partial charge in [-0.05, 0) is 0 Å². The number of amidine groups is 1. The van der Waals surface area contributed by atoms with Crippen LogP contribution in [-0.2, 0) is 0 Å². The van der Waals surface area contributed by atoms with Crippen LogP contribution in [-0.4, -0.2) is 49.1 Å². The lowest BCUT2D eigenvalue weighted by Crippen LogP contribution is -2.38. The molecule has 0 amide bonds. The van der Waals surface area contributed by atoms with Crippen molar-refractivity contribution in [3.8, 4) is 0 Å². The summed E-state index contributed by atoms with van der Waals surface area (Å²) < 4.78 is 36.9. The largest absolute Gasteiger partial charge is 0.410 e. The third-order valence-corrected chi connectivity index (χ3v) is 1.99. The van der Waals surface area contributed by atoms with Crippen LogP contribution in [0.1, 0.15) is 6.42 Å². The second-order valence-corrected chi connectivity index (χ2v) is 3.25. The summed E-state index contributed by atoms with van der Waals surface area (Å²) in [7, 11) is 4.71. The first-order valence-electron chi connectivity index (χ1n) is 3.86. The molecule has 0 aromatic rings. The van der Waals surface area contributed by atoms with Crippen molar-refractivity contribution in [2.45, 2.75) is 18.6 Å². The Labute approximate surface area is 74.8 Å². The summed E-state index contributed by atoms with van der Waals surface area (Å²) in [5.41, 5.74) is 0. The molecule has 1 rings (SSSR count). The Morgan fingerprint density at radius 3 is 2.23 bits per heavy atom. The Morgan fingerprint density at radius 2 is 2.00 bits per heavy atom. The minimum Gasteiger partial charge on any atom is -0.365 e. The van der Waals surface area contributed by atoms with Gasteiger partial charge in [-0.25, -0.2) is 0 Å². The Kier molecular flexibility index (Phi) is 2.40. The van der Waals surface area contributed by atoms with E-state index in [0.717, 1.165) is 5.01 Å². The number of hydrogen-bond donors (Lipinski definition) is 0. The molecule has 0 aromatic carbocycles. The monoisotopic (exact) mass is 195 g/mol. The summed E-state index contributed by atoms with van der Waals surface area (Å²) in [4.78, 5) is 1.60. The van der Waals surface area contributed by atoms with Crippen LogP contribution in [0.3, 0.4) is 0 Å². The molecule has 0 spiro atoms. The van der Waals surface area contributed by atoms with Crippen molar-refractivity contribution in [1.29, 1.82) is 0 Å². The summed E-state index contributed by atoms with van der Waals surface area (Å²) in [5.74, 6) is 0.463. The van der Waals surface area contributed by atoms with Gasteiger partial charge in [0, 0.05) is 27.6 Å². The number of hydrazone groups is 1. The topological polar surface area (TPSA) is 18.8 Å². The third kappa shape index (κ3) is 2.05. The maximum absolute atomic E-state index is 12.3. The van der Waals surface area contributed by atoms with Crippen LogP contribution in [0, 0.1) is 0 Å². The number of hydrogen-bond acceptors (Lipinski definition) is 3. The summed E-state index contributed by atoms with van der Waals surface area (Å²) in [6.45, 7) is 0. The van der Waals surface area contributed by atoms with E-state index in [1.807, 2.05) is 0 Å². The first-order valence-corrected chi connectivity index (χ1v) is 3.86. The SMILES string of the molecule is CN(C)C1=NN(C)C(C(F)(F)F)C1. The van der Waals surface area contributed by atoms with Crippen molar-refractivity contribution in [2.75, 3.05) is 21.1 Å². The van der Waals surface area contributed by atoms with Crippen LogP contribution in [0.5, 0.6) is 0 Å². The molecule has 0 aliphatic carbocycles. The summed E-state index contributed by atoms with van der Waals surface area (Å²) in [5, 5.41) is 4.76. The predicted molar refractivity (Wildman–Crippen MR) is 43.3 cm³/mol. The van der Waals surface area contributed by atoms with Gasteiger partial charge in [0.05, 0.1) is 0 Å². The van der Waals surface area contributed by atoms with Crippen molar-refractivity contribution in [1.82, 2.24) is 9.91 Å². The molecule has 76 valence electrons. The zero-order chi connectivity index (χ0) is 10.2. The molecule has 0 fully saturated rings. The van der Waals surface area contributed by atoms with Gasteiger partial charge in [0.1, 0.15) is 11.9 Å². The fourth-order valence-electron chi connectivity index (χ4n) is 1.20. The van der Waals surface area contributed by atoms with Crippen molar-refractivity contribution in [3.05, 3.63) is 0 Å². The number of halogens is 3. The van der Waals surface area contributed by atoms with Gasteiger partial charge in [0.15, 0.2) is 0 Å². The van der Waals surface area contributed by atoms with Gasteiger partial charge in [-0.15, -0.1) is 0 Å². The van der Waals surface area contributed by atoms with E-state index in [1.165, 1.54) is 7.05 Å². The van der Waals surface area contributed by atoms with Gasteiger partial charge in [-0.2, -0.15) is 18.3 Å². The van der Waals surface area contributed by atoms with Crippen molar-refractivity contribution >= 4 is 5.84 Å². The fourth-order valence-corrected chi connectivity index (χ4v) is 1.20. The number of nitrogens with zero attached hydrogens (tertiary/aromatic N) is 3. The van der Waals surface area contributed by atoms with E-state index >= 15 is 0 Å². The van der Waals surface area contributed by atoms with Gasteiger partial charge < -0.3 is 4.90 Å². The third-order valence-electron chi connectivity index (χ3n) is 1.99. The highest BCUT2D eigenvalue weighted by molar-refractivity contribution is 5.83. The summed E-state index contributed by atoms with van der Waals surface area (Å²) in [6.07, 6.45) is -4.26. The molecule has 0 radical (unpaired) electrons. The second kappa shape index (κ2) is 3.08. The zero-order valence-corrected chi connectivity index (χ0v) is 7.76. The van der Waals surface area contributed by atoms with Crippen LogP contribution in [0.25, 0.3) is 0 Å². The van der Waals surface area contributed by atoms with Gasteiger partial charge in [-0.3, -0.25) is 5.01 Å². The van der Waals surface area contributed by atoms with Gasteiger partial charge in [-0.1, -0.05) is 0 Å². The van der Waals surface area contributed by atoms with Crippen LogP contribution in [0.4, 0.5) is 13.2 Å². The lowest BCUT2D eigenvalue weighted by Gasteiger charge is -2.20. The molecule has 1 unspecified atom stereocenters. The molecule has 0 bridgehead atoms. The molecule has 1 heterocycles. The molecular formula is C7H12F3N3. The first-order chi connectivity index (χ1) is 5.82. The Hall–Kier alpha value is -0.940. The first kappa shape index (κ1) is 10.1. The Balaban J connectivity index is 2.70. The van der Waals surface area contributed by atoms with Gasteiger partial charge in [0.2, 0.25) is 0 Å². The van der Waals surface area contributed by atoms with E-state index in [2.05, 4.69) is 5.10 Å². The van der Waals surface area contributed by atoms with Crippen LogP contribution >= 0.6 is 0 Å². The van der Waals surface area contributed by atoms with Gasteiger partial charge in [0.25, 0.3) is 0 Å². The van der Waals surface area contributed by atoms with Gasteiger partial charge >= 0.3 is 6.18 Å². The highest BCUT2D eigenvalue weighted by Crippen LogP contribution is 2.30. The van der Waals surface area contributed by atoms with Crippen LogP contribution in [0.15, 0.2) is 5.10 Å². The lowest BCUT2D eigenvalue weighted by atomic mass is 10.2. The van der Waals surface area contributed by atoms with E-state index < -0.39 is 12.2 Å². The zero-order valence-electron chi connectivity index (χ0n) is 7.76. The second-order valence-electron chi connectivity index (χ2n) is 3.25. The lowest BCUT2D eigenvalue weighted by molar-refractivity contribution is -0.174. The molecular weight excluding hydrogens is 183 g/mol. The van der Waals surface area contributed by atoms with Crippen molar-refractivity contribution in [3.63, 3.8) is 0 Å². The smallest absolute Gasteiger partial charge is 0.365 e.